The third-order valence-electron chi connectivity index (χ3n) is 3.16. The molecular formula is C15H10BrCl2N3O2. The fraction of sp³-hybridized carbons (Fsp3) is 0.0667. The molecule has 118 valence electrons. The number of aromatic nitrogens is 2. The molecular weight excluding hydrogens is 405 g/mol. The van der Waals surface area contributed by atoms with Crippen molar-refractivity contribution in [1.29, 1.82) is 0 Å². The Bertz CT molecular complexity index is 911. The van der Waals surface area contributed by atoms with Crippen LogP contribution in [0.25, 0.3) is 11.0 Å². The zero-order valence-electron chi connectivity index (χ0n) is 11.8. The molecule has 0 amide bonds. The number of anilines is 2. The molecule has 1 heterocycles. The van der Waals surface area contributed by atoms with Gasteiger partial charge in [-0.1, -0.05) is 45.2 Å². The average molecular weight is 415 g/mol. The number of carbonyl (C=O) groups is 1. The molecule has 3 rings (SSSR count). The molecule has 3 aromatic rings. The quantitative estimate of drug-likeness (QED) is 0.580. The van der Waals surface area contributed by atoms with Crippen LogP contribution in [0.2, 0.25) is 10.0 Å². The number of halogens is 3. The Labute approximate surface area is 150 Å². The summed E-state index contributed by atoms with van der Waals surface area (Å²) in [6, 6.07) is 8.72. The van der Waals surface area contributed by atoms with Crippen molar-refractivity contribution in [2.45, 2.75) is 0 Å². The predicted octanol–water partition coefficient (Wildman–Crippen LogP) is 5.16. The number of aromatic amines is 1. The van der Waals surface area contributed by atoms with Crippen molar-refractivity contribution in [2.75, 3.05) is 12.4 Å². The number of benzene rings is 2. The number of H-pyrrole nitrogens is 1. The molecule has 8 heteroatoms. The molecule has 2 aromatic carbocycles. The molecule has 0 spiro atoms. The number of nitrogens with one attached hydrogen (secondary N) is 2. The third-order valence-corrected chi connectivity index (χ3v) is 4.44. The first-order chi connectivity index (χ1) is 11.0. The molecule has 0 fully saturated rings. The highest BCUT2D eigenvalue weighted by Crippen LogP contribution is 2.32. The van der Waals surface area contributed by atoms with Crippen LogP contribution in [0.1, 0.15) is 10.4 Å². The predicted molar refractivity (Wildman–Crippen MR) is 94.9 cm³/mol. The maximum Gasteiger partial charge on any atom is 0.340 e. The van der Waals surface area contributed by atoms with Crippen LogP contribution in [-0.4, -0.2) is 23.0 Å². The second-order valence-electron chi connectivity index (χ2n) is 4.65. The summed E-state index contributed by atoms with van der Waals surface area (Å²) < 4.78 is 5.53. The van der Waals surface area contributed by atoms with Gasteiger partial charge in [0.05, 0.1) is 33.9 Å². The van der Waals surface area contributed by atoms with Gasteiger partial charge in [-0.15, -0.1) is 0 Å². The van der Waals surface area contributed by atoms with Crippen molar-refractivity contribution >= 4 is 67.8 Å². The Morgan fingerprint density at radius 3 is 2.87 bits per heavy atom. The highest BCUT2D eigenvalue weighted by atomic mass is 79.9. The van der Waals surface area contributed by atoms with E-state index in [2.05, 4.69) is 31.2 Å². The summed E-state index contributed by atoms with van der Waals surface area (Å²) in [5, 5.41) is 3.88. The van der Waals surface area contributed by atoms with Gasteiger partial charge in [0.1, 0.15) is 5.52 Å². The highest BCUT2D eigenvalue weighted by Gasteiger charge is 2.16. The van der Waals surface area contributed by atoms with Gasteiger partial charge in [-0.3, -0.25) is 0 Å². The monoisotopic (exact) mass is 413 g/mol. The summed E-state index contributed by atoms with van der Waals surface area (Å²) in [5.74, 6) is -0.0254. The van der Waals surface area contributed by atoms with E-state index in [9.17, 15) is 4.79 Å². The minimum absolute atomic E-state index is 0.360. The van der Waals surface area contributed by atoms with Crippen LogP contribution in [0.4, 0.5) is 11.6 Å². The molecule has 0 unspecified atom stereocenters. The van der Waals surface area contributed by atoms with Gasteiger partial charge in [-0.05, 0) is 24.3 Å². The van der Waals surface area contributed by atoms with Crippen LogP contribution < -0.4 is 5.32 Å². The van der Waals surface area contributed by atoms with Crippen molar-refractivity contribution in [1.82, 2.24) is 9.97 Å². The van der Waals surface area contributed by atoms with Gasteiger partial charge < -0.3 is 15.0 Å². The Morgan fingerprint density at radius 2 is 2.13 bits per heavy atom. The fourth-order valence-electron chi connectivity index (χ4n) is 2.13. The average Bonchev–Trinajstić information content (AvgIpc) is 2.92. The summed E-state index contributed by atoms with van der Waals surface area (Å²) >= 11 is 15.5. The van der Waals surface area contributed by atoms with Gasteiger partial charge in [0.2, 0.25) is 5.95 Å². The van der Waals surface area contributed by atoms with E-state index in [4.69, 9.17) is 27.9 Å². The lowest BCUT2D eigenvalue weighted by Gasteiger charge is -2.05. The van der Waals surface area contributed by atoms with E-state index in [0.717, 1.165) is 4.47 Å². The molecule has 0 aliphatic carbocycles. The molecule has 5 nitrogen and oxygen atoms in total. The summed E-state index contributed by atoms with van der Waals surface area (Å²) in [5.41, 5.74) is 2.15. The van der Waals surface area contributed by atoms with E-state index < -0.39 is 5.97 Å². The van der Waals surface area contributed by atoms with Gasteiger partial charge in [0.15, 0.2) is 0 Å². The van der Waals surface area contributed by atoms with Crippen molar-refractivity contribution in [2.24, 2.45) is 0 Å². The second-order valence-corrected chi connectivity index (χ2v) is 6.35. The van der Waals surface area contributed by atoms with E-state index in [1.54, 1.807) is 24.3 Å². The molecule has 0 aliphatic heterocycles. The number of imidazole rings is 1. The maximum absolute atomic E-state index is 11.9. The SMILES string of the molecule is COC(=O)c1cc(Br)cc2[nH]c(Nc3cccc(Cl)c3Cl)nc12. The van der Waals surface area contributed by atoms with Gasteiger partial charge in [0, 0.05) is 4.47 Å². The van der Waals surface area contributed by atoms with Crippen LogP contribution >= 0.6 is 39.1 Å². The van der Waals surface area contributed by atoms with Gasteiger partial charge >= 0.3 is 5.97 Å². The lowest BCUT2D eigenvalue weighted by molar-refractivity contribution is 0.0602. The number of ether oxygens (including phenoxy) is 1. The van der Waals surface area contributed by atoms with E-state index in [1.165, 1.54) is 7.11 Å². The fourth-order valence-corrected chi connectivity index (χ4v) is 2.94. The first-order valence-electron chi connectivity index (χ1n) is 6.48. The molecule has 23 heavy (non-hydrogen) atoms. The molecule has 0 bridgehead atoms. The zero-order chi connectivity index (χ0) is 16.6. The summed E-state index contributed by atoms with van der Waals surface area (Å²) in [6.45, 7) is 0. The van der Waals surface area contributed by atoms with Crippen LogP contribution in [0.3, 0.4) is 0 Å². The third kappa shape index (κ3) is 3.15. The number of fused-ring (bicyclic) bond motifs is 1. The van der Waals surface area contributed by atoms with E-state index in [0.29, 0.717) is 38.3 Å². The van der Waals surface area contributed by atoms with Gasteiger partial charge in [0.25, 0.3) is 0 Å². The van der Waals surface area contributed by atoms with Crippen LogP contribution in [0.5, 0.6) is 0 Å². The van der Waals surface area contributed by atoms with Crippen molar-refractivity contribution in [3.05, 3.63) is 50.4 Å². The van der Waals surface area contributed by atoms with Gasteiger partial charge in [-0.2, -0.15) is 0 Å². The minimum atomic E-state index is -0.463. The van der Waals surface area contributed by atoms with Crippen LogP contribution in [-0.2, 0) is 4.74 Å². The van der Waals surface area contributed by atoms with Gasteiger partial charge in [-0.25, -0.2) is 9.78 Å². The first kappa shape index (κ1) is 16.1. The maximum atomic E-state index is 11.9. The van der Waals surface area contributed by atoms with Crippen LogP contribution in [0, 0.1) is 0 Å². The smallest absolute Gasteiger partial charge is 0.340 e. The zero-order valence-corrected chi connectivity index (χ0v) is 14.9. The Hall–Kier alpha value is -1.76. The number of hydrogen-bond donors (Lipinski definition) is 2. The summed E-state index contributed by atoms with van der Waals surface area (Å²) in [7, 11) is 1.33. The van der Waals surface area contributed by atoms with Crippen LogP contribution in [0.15, 0.2) is 34.8 Å². The number of methoxy groups -OCH3 is 1. The standard InChI is InChI=1S/C15H10BrCl2N3O2/c1-23-14(22)8-5-7(16)6-11-13(8)21-15(20-11)19-10-4-2-3-9(17)12(10)18/h2-6H,1H3,(H2,19,20,21). The highest BCUT2D eigenvalue weighted by molar-refractivity contribution is 9.10. The lowest BCUT2D eigenvalue weighted by Crippen LogP contribution is -2.02. The Morgan fingerprint density at radius 1 is 1.35 bits per heavy atom. The normalized spacial score (nSPS) is 10.8. The summed E-state index contributed by atoms with van der Waals surface area (Å²) in [6.07, 6.45) is 0. The lowest BCUT2D eigenvalue weighted by atomic mass is 10.2. The largest absolute Gasteiger partial charge is 0.465 e. The molecule has 1 aromatic heterocycles. The summed E-state index contributed by atoms with van der Waals surface area (Å²) in [4.78, 5) is 19.4. The molecule has 0 saturated heterocycles. The van der Waals surface area contributed by atoms with Crippen molar-refractivity contribution in [3.8, 4) is 0 Å². The van der Waals surface area contributed by atoms with E-state index in [-0.39, 0.29) is 0 Å². The Balaban J connectivity index is 2.06. The topological polar surface area (TPSA) is 67.0 Å². The molecule has 0 radical (unpaired) electrons. The number of nitrogens with zero attached hydrogens (tertiary/aromatic N) is 1. The molecule has 0 saturated carbocycles. The Kier molecular flexibility index (Phi) is 4.48. The number of hydrogen-bond acceptors (Lipinski definition) is 4. The minimum Gasteiger partial charge on any atom is -0.465 e. The molecule has 0 atom stereocenters. The number of carbonyl (C=O) groups excluding carboxylic acids is 1. The number of rotatable bonds is 3. The first-order valence-corrected chi connectivity index (χ1v) is 8.03. The molecule has 2 N–H and O–H groups in total. The second kappa shape index (κ2) is 6.39. The molecule has 0 aliphatic rings. The van der Waals surface area contributed by atoms with E-state index >= 15 is 0 Å². The van der Waals surface area contributed by atoms with E-state index in [1.807, 2.05) is 6.07 Å². The number of esters is 1. The van der Waals surface area contributed by atoms with Crippen molar-refractivity contribution in [3.63, 3.8) is 0 Å². The van der Waals surface area contributed by atoms with Crippen molar-refractivity contribution < 1.29 is 9.53 Å².